The van der Waals surface area contributed by atoms with Crippen molar-refractivity contribution < 1.29 is 14.5 Å². The van der Waals surface area contributed by atoms with E-state index in [-0.39, 0.29) is 6.61 Å². The molecule has 2 aromatic rings. The van der Waals surface area contributed by atoms with E-state index >= 15 is 0 Å². The summed E-state index contributed by atoms with van der Waals surface area (Å²) in [6.07, 6.45) is 1.67. The number of aromatic nitrogens is 2. The lowest BCUT2D eigenvalue weighted by Crippen LogP contribution is -2.02. The van der Waals surface area contributed by atoms with Gasteiger partial charge in [0.2, 0.25) is 0 Å². The van der Waals surface area contributed by atoms with Crippen LogP contribution in [-0.4, -0.2) is 23.7 Å². The van der Waals surface area contributed by atoms with E-state index in [0.717, 1.165) is 5.39 Å². The van der Waals surface area contributed by atoms with E-state index in [1.54, 1.807) is 19.4 Å². The summed E-state index contributed by atoms with van der Waals surface area (Å²) in [4.78, 5) is 18.3. The van der Waals surface area contributed by atoms with Crippen LogP contribution in [0.1, 0.15) is 12.6 Å². The number of hydrogen-bond acceptors (Lipinski definition) is 5. The molecule has 0 aromatic carbocycles. The molecule has 0 radical (unpaired) electrons. The third kappa shape index (κ3) is 2.53. The Hall–Kier alpha value is -1.43. The predicted octanol–water partition coefficient (Wildman–Crippen LogP) is 2.76. The Labute approximate surface area is 110 Å². The van der Waals surface area contributed by atoms with Crippen LogP contribution in [0.25, 0.3) is 10.9 Å². The van der Waals surface area contributed by atoms with Gasteiger partial charge in [-0.1, -0.05) is 11.6 Å². The van der Waals surface area contributed by atoms with Crippen LogP contribution in [-0.2, 0) is 16.4 Å². The third-order valence-corrected chi connectivity index (χ3v) is 2.63. The summed E-state index contributed by atoms with van der Waals surface area (Å²) in [5, 5.41) is 1.12. The highest BCUT2D eigenvalue weighted by Crippen LogP contribution is 2.31. The summed E-state index contributed by atoms with van der Waals surface area (Å²) < 4.78 is 5.33. The molecular weight excluding hydrogens is 256 g/mol. The van der Waals surface area contributed by atoms with Crippen LogP contribution in [0.3, 0.4) is 0 Å². The minimum Gasteiger partial charge on any atom is -0.492 e. The second-order valence-electron chi connectivity index (χ2n) is 3.45. The van der Waals surface area contributed by atoms with E-state index in [4.69, 9.17) is 26.1 Å². The summed E-state index contributed by atoms with van der Waals surface area (Å²) >= 11 is 6.10. The number of nitrogens with zero attached hydrogens (tertiary/aromatic N) is 2. The van der Waals surface area contributed by atoms with E-state index < -0.39 is 0 Å². The molecule has 0 unspecified atom stereocenters. The highest BCUT2D eigenvalue weighted by atomic mass is 35.5. The number of ether oxygens (including phenoxy) is 1. The van der Waals surface area contributed by atoms with Crippen molar-refractivity contribution in [3.63, 3.8) is 0 Å². The molecule has 6 heteroatoms. The van der Waals surface area contributed by atoms with Crippen molar-refractivity contribution in [3.8, 4) is 5.75 Å². The molecule has 0 N–H and O–H groups in total. The summed E-state index contributed by atoms with van der Waals surface area (Å²) in [5.74, 6) is 0.551. The molecule has 0 bridgehead atoms. The minimum atomic E-state index is 0.156. The first-order valence-electron chi connectivity index (χ1n) is 5.49. The van der Waals surface area contributed by atoms with Gasteiger partial charge in [0.15, 0.2) is 5.75 Å². The van der Waals surface area contributed by atoms with E-state index in [1.807, 2.05) is 13.0 Å². The first kappa shape index (κ1) is 13.0. The molecule has 0 saturated heterocycles. The predicted molar refractivity (Wildman–Crippen MR) is 67.5 cm³/mol. The highest BCUT2D eigenvalue weighted by molar-refractivity contribution is 6.34. The lowest BCUT2D eigenvalue weighted by Gasteiger charge is -2.11. The van der Waals surface area contributed by atoms with Crippen LogP contribution in [0.4, 0.5) is 0 Å². The van der Waals surface area contributed by atoms with Crippen LogP contribution in [0, 0.1) is 0 Å². The van der Waals surface area contributed by atoms with Crippen molar-refractivity contribution in [2.24, 2.45) is 0 Å². The normalized spacial score (nSPS) is 10.8. The van der Waals surface area contributed by atoms with E-state index in [0.29, 0.717) is 28.7 Å². The SMILES string of the molecule is CCOOCc1nc(Cl)c2cccnc2c1OC. The molecule has 0 aliphatic rings. The first-order chi connectivity index (χ1) is 8.77. The number of methoxy groups -OCH3 is 1. The molecule has 0 aliphatic heterocycles. The zero-order chi connectivity index (χ0) is 13.0. The summed E-state index contributed by atoms with van der Waals surface area (Å²) in [6, 6.07) is 3.64. The molecular formula is C12H13ClN2O3. The van der Waals surface area contributed by atoms with Gasteiger partial charge in [0.05, 0.1) is 13.7 Å². The van der Waals surface area contributed by atoms with E-state index in [9.17, 15) is 0 Å². The Kier molecular flexibility index (Phi) is 4.30. The second-order valence-corrected chi connectivity index (χ2v) is 3.81. The molecule has 2 aromatic heterocycles. The van der Waals surface area contributed by atoms with Crippen molar-refractivity contribution in [2.75, 3.05) is 13.7 Å². The Bertz CT molecular complexity index is 548. The van der Waals surface area contributed by atoms with Crippen molar-refractivity contribution >= 4 is 22.5 Å². The topological polar surface area (TPSA) is 53.5 Å². The number of pyridine rings is 2. The number of rotatable bonds is 5. The zero-order valence-electron chi connectivity index (χ0n) is 10.1. The summed E-state index contributed by atoms with van der Waals surface area (Å²) in [7, 11) is 1.56. The van der Waals surface area contributed by atoms with Crippen molar-refractivity contribution in [3.05, 3.63) is 29.2 Å². The van der Waals surface area contributed by atoms with Crippen molar-refractivity contribution in [2.45, 2.75) is 13.5 Å². The van der Waals surface area contributed by atoms with Gasteiger partial charge in [0, 0.05) is 11.6 Å². The van der Waals surface area contributed by atoms with Crippen LogP contribution >= 0.6 is 11.6 Å². The third-order valence-electron chi connectivity index (χ3n) is 2.34. The molecule has 0 saturated carbocycles. The van der Waals surface area contributed by atoms with Crippen LogP contribution in [0.5, 0.6) is 5.75 Å². The van der Waals surface area contributed by atoms with Crippen LogP contribution in [0.2, 0.25) is 5.15 Å². The summed E-state index contributed by atoms with van der Waals surface area (Å²) in [6.45, 7) is 2.45. The fourth-order valence-electron chi connectivity index (χ4n) is 1.61. The molecule has 0 atom stereocenters. The van der Waals surface area contributed by atoms with Gasteiger partial charge in [0.25, 0.3) is 0 Å². The lowest BCUT2D eigenvalue weighted by atomic mass is 10.2. The molecule has 96 valence electrons. The fourth-order valence-corrected chi connectivity index (χ4v) is 1.87. The monoisotopic (exact) mass is 268 g/mol. The zero-order valence-corrected chi connectivity index (χ0v) is 10.9. The lowest BCUT2D eigenvalue weighted by molar-refractivity contribution is -0.301. The first-order valence-corrected chi connectivity index (χ1v) is 5.87. The van der Waals surface area contributed by atoms with Gasteiger partial charge in [-0.3, -0.25) is 4.98 Å². The maximum Gasteiger partial charge on any atom is 0.169 e. The number of halogens is 1. The van der Waals surface area contributed by atoms with Gasteiger partial charge in [0.1, 0.15) is 23.0 Å². The van der Waals surface area contributed by atoms with Gasteiger partial charge in [-0.2, -0.15) is 0 Å². The van der Waals surface area contributed by atoms with Crippen molar-refractivity contribution in [1.29, 1.82) is 0 Å². The van der Waals surface area contributed by atoms with E-state index in [2.05, 4.69) is 9.97 Å². The molecule has 18 heavy (non-hydrogen) atoms. The molecule has 0 spiro atoms. The fraction of sp³-hybridized carbons (Fsp3) is 0.333. The Morgan fingerprint density at radius 2 is 2.17 bits per heavy atom. The molecule has 5 nitrogen and oxygen atoms in total. The molecule has 2 rings (SSSR count). The van der Waals surface area contributed by atoms with E-state index in [1.165, 1.54) is 0 Å². The quantitative estimate of drug-likeness (QED) is 0.361. The number of fused-ring (bicyclic) bond motifs is 1. The Morgan fingerprint density at radius 3 is 2.89 bits per heavy atom. The van der Waals surface area contributed by atoms with Gasteiger partial charge >= 0.3 is 0 Å². The molecule has 0 fully saturated rings. The van der Waals surface area contributed by atoms with Gasteiger partial charge < -0.3 is 4.74 Å². The maximum atomic E-state index is 6.10. The molecule has 0 amide bonds. The average Bonchev–Trinajstić information content (AvgIpc) is 2.39. The van der Waals surface area contributed by atoms with Gasteiger partial charge in [-0.25, -0.2) is 14.8 Å². The maximum absolute atomic E-state index is 6.10. The van der Waals surface area contributed by atoms with Gasteiger partial charge in [-0.15, -0.1) is 0 Å². The Balaban J connectivity index is 2.46. The van der Waals surface area contributed by atoms with Crippen molar-refractivity contribution in [1.82, 2.24) is 9.97 Å². The standard InChI is InChI=1S/C12H13ClN2O3/c1-3-17-18-7-9-11(16-2)10-8(12(13)15-9)5-4-6-14-10/h4-6H,3,7H2,1-2H3. The van der Waals surface area contributed by atoms with Gasteiger partial charge in [-0.05, 0) is 19.1 Å². The Morgan fingerprint density at radius 1 is 1.33 bits per heavy atom. The molecule has 2 heterocycles. The number of hydrogen-bond donors (Lipinski definition) is 0. The van der Waals surface area contributed by atoms with Crippen LogP contribution in [0.15, 0.2) is 18.3 Å². The second kappa shape index (κ2) is 5.95. The smallest absolute Gasteiger partial charge is 0.169 e. The summed E-state index contributed by atoms with van der Waals surface area (Å²) in [5.41, 5.74) is 1.22. The highest BCUT2D eigenvalue weighted by Gasteiger charge is 2.14. The average molecular weight is 269 g/mol. The van der Waals surface area contributed by atoms with Crippen LogP contribution < -0.4 is 4.74 Å². The minimum absolute atomic E-state index is 0.156. The molecule has 0 aliphatic carbocycles. The largest absolute Gasteiger partial charge is 0.492 e.